The van der Waals surface area contributed by atoms with Gasteiger partial charge in [-0.2, -0.15) is 0 Å². The number of benzene rings is 2. The Morgan fingerprint density at radius 1 is 1.21 bits per heavy atom. The van der Waals surface area contributed by atoms with Crippen molar-refractivity contribution in [3.8, 4) is 5.75 Å². The molecule has 0 fully saturated rings. The fraction of sp³-hybridized carbons (Fsp3) is 0.286. The average Bonchev–Trinajstić information content (AvgIpc) is 2.68. The minimum atomic E-state index is -1.07. The summed E-state index contributed by atoms with van der Waals surface area (Å²) < 4.78 is 5.63. The predicted molar refractivity (Wildman–Crippen MR) is 113 cm³/mol. The van der Waals surface area contributed by atoms with E-state index in [1.165, 1.54) is 11.8 Å². The Kier molecular flexibility index (Phi) is 7.19. The first-order valence-electron chi connectivity index (χ1n) is 9.27. The number of amides is 1. The van der Waals surface area contributed by atoms with Crippen LogP contribution >= 0.6 is 0 Å². The molecule has 1 unspecified atom stereocenters. The molecule has 0 aliphatic carbocycles. The largest absolute Gasteiger partial charge is 0.492 e. The van der Waals surface area contributed by atoms with Crippen molar-refractivity contribution in [2.24, 2.45) is 5.73 Å². The molecule has 0 aromatic heterocycles. The van der Waals surface area contributed by atoms with Gasteiger partial charge in [-0.25, -0.2) is 4.79 Å². The number of rotatable bonds is 9. The monoisotopic (exact) mass is 398 g/mol. The second kappa shape index (κ2) is 9.59. The minimum absolute atomic E-state index is 0.0635. The maximum absolute atomic E-state index is 12.0. The van der Waals surface area contributed by atoms with Gasteiger partial charge in [-0.15, -0.1) is 0 Å². The molecule has 2 aromatic carbocycles. The molecule has 5 N–H and O–H groups in total. The van der Waals surface area contributed by atoms with E-state index in [2.05, 4.69) is 5.32 Å². The van der Waals surface area contributed by atoms with Crippen LogP contribution in [-0.4, -0.2) is 36.0 Å². The second-order valence-electron chi connectivity index (χ2n) is 6.33. The summed E-state index contributed by atoms with van der Waals surface area (Å²) >= 11 is 0. The van der Waals surface area contributed by atoms with E-state index >= 15 is 0 Å². The lowest BCUT2D eigenvalue weighted by atomic mass is 10.0. The summed E-state index contributed by atoms with van der Waals surface area (Å²) in [6.45, 7) is 5.98. The summed E-state index contributed by atoms with van der Waals surface area (Å²) in [6.07, 6.45) is 0. The predicted octanol–water partition coefficient (Wildman–Crippen LogP) is 2.98. The molecule has 0 saturated carbocycles. The van der Waals surface area contributed by atoms with Crippen LogP contribution in [0, 0.1) is 5.41 Å². The van der Waals surface area contributed by atoms with Gasteiger partial charge in [0, 0.05) is 24.7 Å². The number of carbonyl (C=O) groups excluding carboxylic acids is 1. The molecule has 2 rings (SSSR count). The molecule has 0 aliphatic rings. The van der Waals surface area contributed by atoms with E-state index in [0.717, 1.165) is 0 Å². The number of carboxylic acid groups (broad SMARTS) is 1. The Bertz CT molecular complexity index is 896. The van der Waals surface area contributed by atoms with E-state index in [9.17, 15) is 14.7 Å². The zero-order valence-corrected chi connectivity index (χ0v) is 16.7. The highest BCUT2D eigenvalue weighted by Gasteiger charge is 2.23. The summed E-state index contributed by atoms with van der Waals surface area (Å²) in [7, 11) is 0. The van der Waals surface area contributed by atoms with E-state index in [1.807, 2.05) is 13.8 Å². The van der Waals surface area contributed by atoms with Crippen LogP contribution in [0.4, 0.5) is 11.4 Å². The molecule has 2 aromatic rings. The summed E-state index contributed by atoms with van der Waals surface area (Å²) in [4.78, 5) is 25.5. The normalized spacial score (nSPS) is 11.4. The van der Waals surface area contributed by atoms with Crippen molar-refractivity contribution in [1.29, 1.82) is 5.41 Å². The van der Waals surface area contributed by atoms with Gasteiger partial charge in [-0.1, -0.05) is 6.07 Å². The first-order valence-corrected chi connectivity index (χ1v) is 9.27. The standard InChI is InChI=1S/C21H26N4O4/c1-4-25(13(3)26)17-12-15(8-11-18(17)29-5-2)19(21(27)28)24-16-9-6-14(7-10-16)20(22)23/h6-12,19,24H,4-5H2,1-3H3,(H3,22,23)(H,27,28). The van der Waals surface area contributed by atoms with Crippen molar-refractivity contribution < 1.29 is 19.4 Å². The molecule has 8 heteroatoms. The smallest absolute Gasteiger partial charge is 0.330 e. The first kappa shape index (κ1) is 21.7. The van der Waals surface area contributed by atoms with Crippen LogP contribution in [-0.2, 0) is 9.59 Å². The Labute approximate surface area is 169 Å². The van der Waals surface area contributed by atoms with E-state index in [1.54, 1.807) is 42.5 Å². The number of nitrogen functional groups attached to an aromatic ring is 1. The number of nitrogens with zero attached hydrogens (tertiary/aromatic N) is 1. The maximum Gasteiger partial charge on any atom is 0.330 e. The highest BCUT2D eigenvalue weighted by Crippen LogP contribution is 2.33. The van der Waals surface area contributed by atoms with Crippen molar-refractivity contribution >= 4 is 29.1 Å². The third-order valence-corrected chi connectivity index (χ3v) is 4.36. The zero-order chi connectivity index (χ0) is 21.6. The van der Waals surface area contributed by atoms with Crippen molar-refractivity contribution in [2.75, 3.05) is 23.4 Å². The third-order valence-electron chi connectivity index (χ3n) is 4.36. The van der Waals surface area contributed by atoms with Crippen molar-refractivity contribution in [1.82, 2.24) is 0 Å². The van der Waals surface area contributed by atoms with Gasteiger partial charge in [-0.3, -0.25) is 10.2 Å². The van der Waals surface area contributed by atoms with Crippen LogP contribution in [0.3, 0.4) is 0 Å². The molecule has 0 spiro atoms. The van der Waals surface area contributed by atoms with Crippen molar-refractivity contribution in [2.45, 2.75) is 26.8 Å². The first-order chi connectivity index (χ1) is 13.8. The molecule has 154 valence electrons. The SMILES string of the molecule is CCOc1ccc(C(Nc2ccc(C(=N)N)cc2)C(=O)O)cc1N(CC)C(C)=O. The highest BCUT2D eigenvalue weighted by molar-refractivity contribution is 5.95. The van der Waals surface area contributed by atoms with Crippen LogP contribution in [0.15, 0.2) is 42.5 Å². The molecule has 0 aliphatic heterocycles. The van der Waals surface area contributed by atoms with Crippen LogP contribution in [0.2, 0.25) is 0 Å². The number of ether oxygens (including phenoxy) is 1. The molecule has 0 heterocycles. The lowest BCUT2D eigenvalue weighted by Crippen LogP contribution is -2.29. The number of nitrogens with one attached hydrogen (secondary N) is 2. The van der Waals surface area contributed by atoms with Crippen LogP contribution in [0.1, 0.15) is 37.9 Å². The zero-order valence-electron chi connectivity index (χ0n) is 16.7. The van der Waals surface area contributed by atoms with Gasteiger partial charge in [-0.05, 0) is 55.8 Å². The molecule has 1 atom stereocenters. The molecule has 0 bridgehead atoms. The summed E-state index contributed by atoms with van der Waals surface area (Å²) in [5, 5.41) is 20.2. The van der Waals surface area contributed by atoms with E-state index in [-0.39, 0.29) is 11.7 Å². The van der Waals surface area contributed by atoms with Gasteiger partial charge in [0.15, 0.2) is 6.04 Å². The maximum atomic E-state index is 12.0. The van der Waals surface area contributed by atoms with Gasteiger partial charge in [0.2, 0.25) is 5.91 Å². The van der Waals surface area contributed by atoms with Gasteiger partial charge in [0.05, 0.1) is 12.3 Å². The Hall–Kier alpha value is -3.55. The van der Waals surface area contributed by atoms with E-state index in [4.69, 9.17) is 15.9 Å². The molecule has 0 radical (unpaired) electrons. The fourth-order valence-corrected chi connectivity index (χ4v) is 2.97. The summed E-state index contributed by atoms with van der Waals surface area (Å²) in [5.41, 5.74) is 7.57. The van der Waals surface area contributed by atoms with Crippen LogP contribution in [0.5, 0.6) is 5.75 Å². The average molecular weight is 398 g/mol. The quantitative estimate of drug-likeness (QED) is 0.380. The Morgan fingerprint density at radius 3 is 2.34 bits per heavy atom. The number of anilines is 2. The molecule has 1 amide bonds. The second-order valence-corrected chi connectivity index (χ2v) is 6.33. The van der Waals surface area contributed by atoms with Gasteiger partial charge in [0.1, 0.15) is 11.6 Å². The molecular weight excluding hydrogens is 372 g/mol. The van der Waals surface area contributed by atoms with Crippen molar-refractivity contribution in [3.05, 3.63) is 53.6 Å². The lowest BCUT2D eigenvalue weighted by molar-refractivity contribution is -0.138. The number of aliphatic carboxylic acids is 1. The number of carbonyl (C=O) groups is 2. The van der Waals surface area contributed by atoms with E-state index in [0.29, 0.717) is 41.4 Å². The van der Waals surface area contributed by atoms with Crippen LogP contribution in [0.25, 0.3) is 0 Å². The molecule has 8 nitrogen and oxygen atoms in total. The number of amidine groups is 1. The van der Waals surface area contributed by atoms with Crippen LogP contribution < -0.4 is 20.7 Å². The van der Waals surface area contributed by atoms with Gasteiger partial charge in [0.25, 0.3) is 0 Å². The summed E-state index contributed by atoms with van der Waals surface area (Å²) in [5.74, 6) is -0.776. The third kappa shape index (κ3) is 5.25. The lowest BCUT2D eigenvalue weighted by Gasteiger charge is -2.24. The highest BCUT2D eigenvalue weighted by atomic mass is 16.5. The minimum Gasteiger partial charge on any atom is -0.492 e. The Balaban J connectivity index is 2.42. The fourth-order valence-electron chi connectivity index (χ4n) is 2.97. The molecule has 0 saturated heterocycles. The summed E-state index contributed by atoms with van der Waals surface area (Å²) in [6, 6.07) is 10.6. The number of nitrogens with two attached hydrogens (primary N) is 1. The number of carboxylic acids is 1. The number of hydrogen-bond donors (Lipinski definition) is 4. The Morgan fingerprint density at radius 2 is 1.86 bits per heavy atom. The van der Waals surface area contributed by atoms with Gasteiger partial charge < -0.3 is 25.8 Å². The number of hydrogen-bond acceptors (Lipinski definition) is 5. The topological polar surface area (TPSA) is 129 Å². The van der Waals surface area contributed by atoms with Gasteiger partial charge >= 0.3 is 5.97 Å². The van der Waals surface area contributed by atoms with Crippen molar-refractivity contribution in [3.63, 3.8) is 0 Å². The molecule has 29 heavy (non-hydrogen) atoms. The van der Waals surface area contributed by atoms with E-state index < -0.39 is 12.0 Å². The molecular formula is C21H26N4O4.